The van der Waals surface area contributed by atoms with Gasteiger partial charge in [0.2, 0.25) is 0 Å². The highest BCUT2D eigenvalue weighted by Gasteiger charge is 2.28. The lowest BCUT2D eigenvalue weighted by Crippen LogP contribution is -2.46. The summed E-state index contributed by atoms with van der Waals surface area (Å²) in [7, 11) is 1.32. The summed E-state index contributed by atoms with van der Waals surface area (Å²) in [6.07, 6.45) is -0.250. The molecule has 1 aliphatic heterocycles. The molecule has 1 amide bonds. The minimum absolute atomic E-state index is 0.116. The third kappa shape index (κ3) is 3.65. The van der Waals surface area contributed by atoms with Crippen LogP contribution in [0.1, 0.15) is 16.8 Å². The monoisotopic (exact) mass is 312 g/mol. The largest absolute Gasteiger partial charge is 0.469 e. The van der Waals surface area contributed by atoms with E-state index < -0.39 is 0 Å². The van der Waals surface area contributed by atoms with Gasteiger partial charge in [0.1, 0.15) is 0 Å². The lowest BCUT2D eigenvalue weighted by molar-refractivity contribution is -0.145. The molecule has 1 aromatic carbocycles. The van der Waals surface area contributed by atoms with E-state index in [9.17, 15) is 9.59 Å². The number of nitrogen functional groups attached to an aromatic ring is 1. The van der Waals surface area contributed by atoms with Gasteiger partial charge in [-0.25, -0.2) is 0 Å². The fraction of sp³-hybridized carbons (Fsp3) is 0.429. The molecule has 2 N–H and O–H groups in total. The number of rotatable bonds is 3. The van der Waals surface area contributed by atoms with Crippen LogP contribution in [-0.4, -0.2) is 49.7 Å². The maximum atomic E-state index is 12.5. The van der Waals surface area contributed by atoms with Crippen LogP contribution in [0.3, 0.4) is 0 Å². The van der Waals surface area contributed by atoms with E-state index in [1.54, 1.807) is 23.1 Å². The molecular weight excluding hydrogens is 296 g/mol. The molecule has 1 heterocycles. The Morgan fingerprint density at radius 3 is 3.00 bits per heavy atom. The van der Waals surface area contributed by atoms with Gasteiger partial charge in [-0.15, -0.1) is 0 Å². The number of hydrogen-bond donors (Lipinski definition) is 1. The van der Waals surface area contributed by atoms with Crippen molar-refractivity contribution in [3.05, 3.63) is 28.8 Å². The van der Waals surface area contributed by atoms with Crippen LogP contribution in [-0.2, 0) is 14.3 Å². The van der Waals surface area contributed by atoms with Crippen molar-refractivity contribution in [3.8, 4) is 0 Å². The second-order valence-electron chi connectivity index (χ2n) is 4.73. The molecular formula is C14H17ClN2O4. The van der Waals surface area contributed by atoms with Crippen LogP contribution in [0.4, 0.5) is 5.69 Å². The zero-order valence-electron chi connectivity index (χ0n) is 11.7. The Morgan fingerprint density at radius 2 is 2.29 bits per heavy atom. The van der Waals surface area contributed by atoms with Gasteiger partial charge in [-0.05, 0) is 12.1 Å². The molecule has 1 fully saturated rings. The maximum absolute atomic E-state index is 12.5. The summed E-state index contributed by atoms with van der Waals surface area (Å²) < 4.78 is 10.1. The Bertz CT molecular complexity index is 550. The van der Waals surface area contributed by atoms with Crippen LogP contribution < -0.4 is 5.73 Å². The number of carbonyl (C=O) groups is 2. The van der Waals surface area contributed by atoms with E-state index >= 15 is 0 Å². The van der Waals surface area contributed by atoms with E-state index in [-0.39, 0.29) is 29.4 Å². The summed E-state index contributed by atoms with van der Waals surface area (Å²) in [6, 6.07) is 4.95. The third-order valence-corrected chi connectivity index (χ3v) is 3.73. The quantitative estimate of drug-likeness (QED) is 0.672. The Labute approximate surface area is 127 Å². The predicted octanol–water partition coefficient (Wildman–Crippen LogP) is 1.33. The van der Waals surface area contributed by atoms with Crippen molar-refractivity contribution >= 4 is 29.2 Å². The van der Waals surface area contributed by atoms with Crippen LogP contribution >= 0.6 is 11.6 Å². The number of nitrogens with two attached hydrogens (primary N) is 1. The van der Waals surface area contributed by atoms with Gasteiger partial charge in [0.25, 0.3) is 5.91 Å². The molecule has 0 spiro atoms. The van der Waals surface area contributed by atoms with Crippen LogP contribution in [0.15, 0.2) is 18.2 Å². The van der Waals surface area contributed by atoms with Crippen molar-refractivity contribution < 1.29 is 19.1 Å². The number of halogens is 1. The fourth-order valence-electron chi connectivity index (χ4n) is 2.18. The first-order valence-electron chi connectivity index (χ1n) is 6.54. The van der Waals surface area contributed by atoms with Crippen molar-refractivity contribution in [3.63, 3.8) is 0 Å². The first-order valence-corrected chi connectivity index (χ1v) is 6.92. The van der Waals surface area contributed by atoms with Crippen molar-refractivity contribution in [1.29, 1.82) is 0 Å². The average Bonchev–Trinajstić information content (AvgIpc) is 2.49. The van der Waals surface area contributed by atoms with Crippen molar-refractivity contribution in [1.82, 2.24) is 4.90 Å². The number of ether oxygens (including phenoxy) is 2. The smallest absolute Gasteiger partial charge is 0.308 e. The summed E-state index contributed by atoms with van der Waals surface area (Å²) in [5, 5.41) is 0.249. The number of benzene rings is 1. The lowest BCUT2D eigenvalue weighted by atomic mass is 10.1. The molecule has 0 aliphatic carbocycles. The highest BCUT2D eigenvalue weighted by Crippen LogP contribution is 2.25. The van der Waals surface area contributed by atoms with Gasteiger partial charge in [0.15, 0.2) is 0 Å². The number of morpholine rings is 1. The van der Waals surface area contributed by atoms with Gasteiger partial charge in [-0.2, -0.15) is 0 Å². The van der Waals surface area contributed by atoms with Gasteiger partial charge >= 0.3 is 5.97 Å². The molecule has 114 valence electrons. The summed E-state index contributed by atoms with van der Waals surface area (Å²) in [4.78, 5) is 25.4. The summed E-state index contributed by atoms with van der Waals surface area (Å²) in [6.45, 7) is 1.13. The first kappa shape index (κ1) is 15.6. The molecule has 7 heteroatoms. The van der Waals surface area contributed by atoms with Gasteiger partial charge in [0.05, 0.1) is 42.5 Å². The molecule has 6 nitrogen and oxygen atoms in total. The molecule has 0 radical (unpaired) electrons. The van der Waals surface area contributed by atoms with Gasteiger partial charge in [0, 0.05) is 13.1 Å². The molecule has 1 unspecified atom stereocenters. The third-order valence-electron chi connectivity index (χ3n) is 3.31. The van der Waals surface area contributed by atoms with Crippen LogP contribution in [0, 0.1) is 0 Å². The maximum Gasteiger partial charge on any atom is 0.308 e. The highest BCUT2D eigenvalue weighted by atomic mass is 35.5. The Kier molecular flexibility index (Phi) is 5.03. The first-order chi connectivity index (χ1) is 10.0. The minimum Gasteiger partial charge on any atom is -0.469 e. The number of hydrogen-bond acceptors (Lipinski definition) is 5. The number of carbonyl (C=O) groups excluding carboxylic acids is 2. The molecule has 1 atom stereocenters. The van der Waals surface area contributed by atoms with Crippen LogP contribution in [0.2, 0.25) is 5.02 Å². The number of anilines is 1. The topological polar surface area (TPSA) is 81.9 Å². The molecule has 2 rings (SSSR count). The van der Waals surface area contributed by atoms with Crippen molar-refractivity contribution in [2.45, 2.75) is 12.5 Å². The molecule has 1 aliphatic rings. The SMILES string of the molecule is COC(=O)CC1CN(C(=O)c2cccc(N)c2Cl)CCO1. The van der Waals surface area contributed by atoms with Gasteiger partial charge < -0.3 is 20.1 Å². The van der Waals surface area contributed by atoms with Crippen molar-refractivity contribution in [2.24, 2.45) is 0 Å². The van der Waals surface area contributed by atoms with E-state index in [2.05, 4.69) is 4.74 Å². The standard InChI is InChI=1S/C14H17ClN2O4/c1-20-12(18)7-9-8-17(5-6-21-9)14(19)10-3-2-4-11(16)13(10)15/h2-4,9H,5-8,16H2,1H3. The molecule has 0 bridgehead atoms. The number of methoxy groups -OCH3 is 1. The second kappa shape index (κ2) is 6.78. The zero-order valence-corrected chi connectivity index (χ0v) is 12.4. The number of nitrogens with zero attached hydrogens (tertiary/aromatic N) is 1. The van der Waals surface area contributed by atoms with Crippen molar-refractivity contribution in [2.75, 3.05) is 32.5 Å². The summed E-state index contributed by atoms with van der Waals surface area (Å²) in [5.41, 5.74) is 6.43. The van der Waals surface area contributed by atoms with E-state index in [1.807, 2.05) is 0 Å². The average molecular weight is 313 g/mol. The predicted molar refractivity (Wildman–Crippen MR) is 78.1 cm³/mol. The van der Waals surface area contributed by atoms with E-state index in [4.69, 9.17) is 22.1 Å². The number of esters is 1. The Hall–Kier alpha value is -1.79. The Morgan fingerprint density at radius 1 is 1.52 bits per heavy atom. The Balaban J connectivity index is 2.08. The second-order valence-corrected chi connectivity index (χ2v) is 5.11. The summed E-state index contributed by atoms with van der Waals surface area (Å²) >= 11 is 6.07. The van der Waals surface area contributed by atoms with E-state index in [0.29, 0.717) is 30.9 Å². The minimum atomic E-state index is -0.366. The molecule has 0 aromatic heterocycles. The summed E-state index contributed by atoms with van der Waals surface area (Å²) in [5.74, 6) is -0.582. The molecule has 21 heavy (non-hydrogen) atoms. The van der Waals surface area contributed by atoms with Gasteiger partial charge in [-0.1, -0.05) is 17.7 Å². The van der Waals surface area contributed by atoms with Gasteiger partial charge in [-0.3, -0.25) is 9.59 Å². The lowest BCUT2D eigenvalue weighted by Gasteiger charge is -2.32. The normalized spacial score (nSPS) is 18.4. The number of amides is 1. The van der Waals surface area contributed by atoms with E-state index in [1.165, 1.54) is 7.11 Å². The van der Waals surface area contributed by atoms with Crippen LogP contribution in [0.25, 0.3) is 0 Å². The molecule has 1 aromatic rings. The fourth-order valence-corrected chi connectivity index (χ4v) is 2.39. The molecule has 0 saturated carbocycles. The van der Waals surface area contributed by atoms with Crippen LogP contribution in [0.5, 0.6) is 0 Å². The molecule has 1 saturated heterocycles. The highest BCUT2D eigenvalue weighted by molar-refractivity contribution is 6.36. The van der Waals surface area contributed by atoms with E-state index in [0.717, 1.165) is 0 Å². The zero-order chi connectivity index (χ0) is 15.4.